The monoisotopic (exact) mass is 453 g/mol. The van der Waals surface area contributed by atoms with Crippen LogP contribution >= 0.6 is 22.9 Å². The highest BCUT2D eigenvalue weighted by atomic mass is 35.5. The number of benzene rings is 2. The molecule has 1 saturated heterocycles. The van der Waals surface area contributed by atoms with Crippen molar-refractivity contribution in [3.8, 4) is 0 Å². The molecule has 0 aliphatic carbocycles. The molecule has 1 aliphatic heterocycles. The minimum atomic E-state index is -0.0839. The Kier molecular flexibility index (Phi) is 6.77. The Morgan fingerprint density at radius 2 is 1.65 bits per heavy atom. The van der Waals surface area contributed by atoms with Crippen LogP contribution in [0.2, 0.25) is 5.02 Å². The van der Waals surface area contributed by atoms with E-state index >= 15 is 0 Å². The molecule has 2 aromatic carbocycles. The molecular formula is C25H28ClN3OS. The van der Waals surface area contributed by atoms with E-state index in [9.17, 15) is 4.79 Å². The average molecular weight is 454 g/mol. The summed E-state index contributed by atoms with van der Waals surface area (Å²) in [6.07, 6.45) is 0. The Bertz CT molecular complexity index is 1060. The number of amides is 1. The summed E-state index contributed by atoms with van der Waals surface area (Å²) in [6, 6.07) is 17.5. The third kappa shape index (κ3) is 4.70. The quantitative estimate of drug-likeness (QED) is 0.545. The molecule has 1 amide bonds. The molecule has 1 aromatic heterocycles. The molecule has 4 nitrogen and oxygen atoms in total. The molecule has 0 radical (unpaired) electrons. The number of thiophene rings is 1. The molecule has 0 spiro atoms. The van der Waals surface area contributed by atoms with E-state index in [1.807, 2.05) is 48.5 Å². The number of nitrogens with one attached hydrogen (secondary N) is 1. The van der Waals surface area contributed by atoms with Crippen LogP contribution in [0.5, 0.6) is 0 Å². The predicted octanol–water partition coefficient (Wildman–Crippen LogP) is 5.61. The maximum absolute atomic E-state index is 13.0. The highest BCUT2D eigenvalue weighted by molar-refractivity contribution is 7.16. The fraction of sp³-hybridized carbons (Fsp3) is 0.320. The normalized spacial score (nSPS) is 16.3. The van der Waals surface area contributed by atoms with Gasteiger partial charge in [-0.25, -0.2) is 0 Å². The Morgan fingerprint density at radius 1 is 1.00 bits per heavy atom. The average Bonchev–Trinajstić information content (AvgIpc) is 3.05. The highest BCUT2D eigenvalue weighted by Gasteiger charge is 2.32. The van der Waals surface area contributed by atoms with E-state index in [2.05, 4.69) is 42.1 Å². The van der Waals surface area contributed by atoms with Crippen LogP contribution in [-0.4, -0.2) is 48.9 Å². The van der Waals surface area contributed by atoms with Crippen LogP contribution in [0.25, 0.3) is 0 Å². The molecular weight excluding hydrogens is 426 g/mol. The first-order valence-corrected chi connectivity index (χ1v) is 11.8. The molecule has 1 atom stereocenters. The summed E-state index contributed by atoms with van der Waals surface area (Å²) in [7, 11) is 2.16. The van der Waals surface area contributed by atoms with Gasteiger partial charge in [-0.05, 0) is 50.2 Å². The van der Waals surface area contributed by atoms with Crippen LogP contribution in [0, 0.1) is 13.8 Å². The Morgan fingerprint density at radius 3 is 2.32 bits per heavy atom. The van der Waals surface area contributed by atoms with Crippen molar-refractivity contribution < 1.29 is 4.79 Å². The molecule has 0 unspecified atom stereocenters. The minimum absolute atomic E-state index is 0.00146. The van der Waals surface area contributed by atoms with Gasteiger partial charge in [-0.15, -0.1) is 11.3 Å². The second-order valence-corrected chi connectivity index (χ2v) is 9.74. The number of piperazine rings is 1. The Hall–Kier alpha value is -2.18. The standard InChI is InChI=1S/C25H28ClN3OS/c1-17-18(2)31-25(27-24(30)19-9-5-4-6-10-19)22(17)23(20-11-7-8-12-21(20)26)29-15-13-28(3)14-16-29/h4-12,23H,13-16H2,1-3H3,(H,27,30)/t23-/m1/s1. The number of anilines is 1. The maximum atomic E-state index is 13.0. The van der Waals surface area contributed by atoms with Crippen molar-refractivity contribution in [2.75, 3.05) is 38.5 Å². The van der Waals surface area contributed by atoms with Gasteiger partial charge in [0.2, 0.25) is 0 Å². The zero-order valence-electron chi connectivity index (χ0n) is 18.2. The molecule has 0 saturated carbocycles. The van der Waals surface area contributed by atoms with E-state index in [-0.39, 0.29) is 11.9 Å². The van der Waals surface area contributed by atoms with Gasteiger partial charge in [0.15, 0.2) is 0 Å². The van der Waals surface area contributed by atoms with Crippen molar-refractivity contribution in [2.45, 2.75) is 19.9 Å². The topological polar surface area (TPSA) is 35.6 Å². The summed E-state index contributed by atoms with van der Waals surface area (Å²) in [6.45, 7) is 8.19. The number of rotatable bonds is 5. The van der Waals surface area contributed by atoms with Crippen molar-refractivity contribution in [3.63, 3.8) is 0 Å². The number of nitrogens with zero attached hydrogens (tertiary/aromatic N) is 2. The SMILES string of the molecule is Cc1sc(NC(=O)c2ccccc2)c([C@@H](c2ccccc2Cl)N2CCN(C)CC2)c1C. The molecule has 2 heterocycles. The van der Waals surface area contributed by atoms with Gasteiger partial charge in [0, 0.05) is 47.2 Å². The first-order chi connectivity index (χ1) is 15.0. The van der Waals surface area contributed by atoms with Crippen LogP contribution in [0.15, 0.2) is 54.6 Å². The Labute approximate surface area is 193 Å². The van der Waals surface area contributed by atoms with E-state index in [4.69, 9.17) is 11.6 Å². The van der Waals surface area contributed by atoms with E-state index in [1.165, 1.54) is 10.4 Å². The lowest BCUT2D eigenvalue weighted by Crippen LogP contribution is -2.46. The van der Waals surface area contributed by atoms with Crippen molar-refractivity contribution in [1.29, 1.82) is 0 Å². The van der Waals surface area contributed by atoms with Crippen LogP contribution in [-0.2, 0) is 0 Å². The van der Waals surface area contributed by atoms with E-state index < -0.39 is 0 Å². The second-order valence-electron chi connectivity index (χ2n) is 8.11. The van der Waals surface area contributed by atoms with Crippen molar-refractivity contribution in [3.05, 3.63) is 86.8 Å². The van der Waals surface area contributed by atoms with Gasteiger partial charge in [-0.2, -0.15) is 0 Å². The minimum Gasteiger partial charge on any atom is -0.313 e. The summed E-state index contributed by atoms with van der Waals surface area (Å²) in [5.41, 5.74) is 4.12. The zero-order chi connectivity index (χ0) is 22.0. The second kappa shape index (κ2) is 9.53. The number of halogens is 1. The number of carbonyl (C=O) groups is 1. The lowest BCUT2D eigenvalue weighted by Gasteiger charge is -2.39. The third-order valence-corrected chi connectivity index (χ3v) is 7.55. The molecule has 4 rings (SSSR count). The third-order valence-electron chi connectivity index (χ3n) is 6.07. The first-order valence-electron chi connectivity index (χ1n) is 10.6. The van der Waals surface area contributed by atoms with Gasteiger partial charge in [0.25, 0.3) is 5.91 Å². The van der Waals surface area contributed by atoms with Gasteiger partial charge in [-0.1, -0.05) is 48.0 Å². The largest absolute Gasteiger partial charge is 0.313 e. The summed E-state index contributed by atoms with van der Waals surface area (Å²) in [5, 5.41) is 4.87. The van der Waals surface area contributed by atoms with Gasteiger partial charge in [0.1, 0.15) is 5.00 Å². The summed E-state index contributed by atoms with van der Waals surface area (Å²) >= 11 is 8.35. The number of likely N-dealkylation sites (N-methyl/N-ethyl adjacent to an activating group) is 1. The highest BCUT2D eigenvalue weighted by Crippen LogP contribution is 2.44. The fourth-order valence-electron chi connectivity index (χ4n) is 4.14. The number of aryl methyl sites for hydroxylation is 1. The van der Waals surface area contributed by atoms with Crippen molar-refractivity contribution >= 4 is 33.8 Å². The first kappa shape index (κ1) is 22.0. The van der Waals surface area contributed by atoms with E-state index in [0.29, 0.717) is 5.56 Å². The fourth-order valence-corrected chi connectivity index (χ4v) is 5.47. The lowest BCUT2D eigenvalue weighted by atomic mass is 9.94. The molecule has 3 aromatic rings. The van der Waals surface area contributed by atoms with E-state index in [1.54, 1.807) is 11.3 Å². The van der Waals surface area contributed by atoms with Gasteiger partial charge >= 0.3 is 0 Å². The molecule has 162 valence electrons. The van der Waals surface area contributed by atoms with Crippen LogP contribution < -0.4 is 5.32 Å². The summed E-state index contributed by atoms with van der Waals surface area (Å²) in [5.74, 6) is -0.0839. The Balaban J connectivity index is 1.78. The number of hydrogen-bond donors (Lipinski definition) is 1. The molecule has 1 aliphatic rings. The predicted molar refractivity (Wildman–Crippen MR) is 131 cm³/mol. The van der Waals surface area contributed by atoms with Crippen LogP contribution in [0.4, 0.5) is 5.00 Å². The zero-order valence-corrected chi connectivity index (χ0v) is 19.8. The van der Waals surface area contributed by atoms with Gasteiger partial charge in [-0.3, -0.25) is 9.69 Å². The number of hydrogen-bond acceptors (Lipinski definition) is 4. The van der Waals surface area contributed by atoms with Crippen molar-refractivity contribution in [1.82, 2.24) is 9.80 Å². The van der Waals surface area contributed by atoms with Crippen LogP contribution in [0.3, 0.4) is 0 Å². The van der Waals surface area contributed by atoms with Gasteiger partial charge < -0.3 is 10.2 Å². The summed E-state index contributed by atoms with van der Waals surface area (Å²) in [4.78, 5) is 19.0. The molecule has 1 N–H and O–H groups in total. The van der Waals surface area contributed by atoms with E-state index in [0.717, 1.165) is 47.3 Å². The van der Waals surface area contributed by atoms with Crippen molar-refractivity contribution in [2.24, 2.45) is 0 Å². The molecule has 6 heteroatoms. The summed E-state index contributed by atoms with van der Waals surface area (Å²) < 4.78 is 0. The molecule has 1 fully saturated rings. The van der Waals surface area contributed by atoms with Crippen LogP contribution in [0.1, 0.15) is 38.0 Å². The molecule has 31 heavy (non-hydrogen) atoms. The number of carbonyl (C=O) groups excluding carboxylic acids is 1. The maximum Gasteiger partial charge on any atom is 0.256 e. The smallest absolute Gasteiger partial charge is 0.256 e. The van der Waals surface area contributed by atoms with Gasteiger partial charge in [0.05, 0.1) is 6.04 Å². The lowest BCUT2D eigenvalue weighted by molar-refractivity contribution is 0.102. The molecule has 0 bridgehead atoms.